The van der Waals surface area contributed by atoms with Crippen LogP contribution in [0.2, 0.25) is 0 Å². The largest absolute Gasteiger partial charge is 0.478 e. The second-order valence-electron chi connectivity index (χ2n) is 4.05. The van der Waals surface area contributed by atoms with Crippen molar-refractivity contribution in [3.63, 3.8) is 0 Å². The van der Waals surface area contributed by atoms with E-state index < -0.39 is 17.7 Å². The summed E-state index contributed by atoms with van der Waals surface area (Å²) in [4.78, 5) is 10.6. The van der Waals surface area contributed by atoms with Crippen LogP contribution in [0.15, 0.2) is 41.1 Å². The van der Waals surface area contributed by atoms with Crippen LogP contribution in [0.3, 0.4) is 0 Å². The molecule has 0 radical (unpaired) electrons. The number of hydrogen-bond donors (Lipinski definition) is 1. The summed E-state index contributed by atoms with van der Waals surface area (Å²) < 4.78 is 39.5. The van der Waals surface area contributed by atoms with Gasteiger partial charge in [-0.2, -0.15) is 18.3 Å². The van der Waals surface area contributed by atoms with Crippen molar-refractivity contribution in [2.24, 2.45) is 0 Å². The lowest BCUT2D eigenvalue weighted by Crippen LogP contribution is -2.03. The number of rotatable bonds is 3. The van der Waals surface area contributed by atoms with Crippen molar-refractivity contribution in [1.29, 1.82) is 0 Å². The number of halogens is 4. The molecule has 1 heterocycles. The molecule has 0 unspecified atom stereocenters. The molecule has 110 valence electrons. The number of aromatic nitrogens is 2. The first-order chi connectivity index (χ1) is 9.77. The lowest BCUT2D eigenvalue weighted by Gasteiger charge is -2.07. The van der Waals surface area contributed by atoms with E-state index in [9.17, 15) is 18.0 Å². The lowest BCUT2D eigenvalue weighted by atomic mass is 10.1. The third kappa shape index (κ3) is 3.72. The minimum absolute atomic E-state index is 0.339. The second-order valence-corrected chi connectivity index (χ2v) is 4.96. The van der Waals surface area contributed by atoms with E-state index in [0.29, 0.717) is 21.9 Å². The zero-order valence-corrected chi connectivity index (χ0v) is 11.9. The molecule has 0 fully saturated rings. The van der Waals surface area contributed by atoms with Crippen LogP contribution in [0, 0.1) is 0 Å². The SMILES string of the molecule is O=C(O)/C=C/c1cc(Br)ccc1-n1cc(C(F)(F)F)cn1. The summed E-state index contributed by atoms with van der Waals surface area (Å²) in [6, 6.07) is 4.75. The van der Waals surface area contributed by atoms with Gasteiger partial charge in [-0.1, -0.05) is 15.9 Å². The van der Waals surface area contributed by atoms with Gasteiger partial charge in [0.1, 0.15) is 0 Å². The van der Waals surface area contributed by atoms with Crippen molar-refractivity contribution in [3.05, 3.63) is 52.3 Å². The number of aliphatic carboxylic acids is 1. The first-order valence-electron chi connectivity index (χ1n) is 5.60. The molecule has 2 aromatic rings. The summed E-state index contributed by atoms with van der Waals surface area (Å²) in [7, 11) is 0. The summed E-state index contributed by atoms with van der Waals surface area (Å²) in [5, 5.41) is 12.3. The molecule has 0 amide bonds. The zero-order valence-electron chi connectivity index (χ0n) is 10.3. The molecule has 4 nitrogen and oxygen atoms in total. The van der Waals surface area contributed by atoms with Crippen molar-refractivity contribution >= 4 is 28.0 Å². The molecule has 21 heavy (non-hydrogen) atoms. The Morgan fingerprint density at radius 1 is 1.38 bits per heavy atom. The van der Waals surface area contributed by atoms with Crippen LogP contribution in [-0.4, -0.2) is 20.9 Å². The van der Waals surface area contributed by atoms with Gasteiger partial charge in [0.2, 0.25) is 0 Å². The Morgan fingerprint density at radius 2 is 2.10 bits per heavy atom. The maximum Gasteiger partial charge on any atom is 0.419 e. The molecule has 0 bridgehead atoms. The van der Waals surface area contributed by atoms with Gasteiger partial charge in [0.05, 0.1) is 17.4 Å². The summed E-state index contributed by atoms with van der Waals surface area (Å²) in [5.41, 5.74) is -0.117. The Morgan fingerprint density at radius 3 is 2.67 bits per heavy atom. The summed E-state index contributed by atoms with van der Waals surface area (Å²) in [6.45, 7) is 0. The molecule has 0 aliphatic carbocycles. The van der Waals surface area contributed by atoms with Crippen LogP contribution in [0.25, 0.3) is 11.8 Å². The van der Waals surface area contributed by atoms with Gasteiger partial charge in [-0.3, -0.25) is 0 Å². The number of benzene rings is 1. The van der Waals surface area contributed by atoms with Gasteiger partial charge < -0.3 is 5.11 Å². The van der Waals surface area contributed by atoms with Crippen LogP contribution in [-0.2, 0) is 11.0 Å². The number of carbonyl (C=O) groups is 1. The Bertz CT molecular complexity index is 708. The molecular formula is C13H8BrF3N2O2. The van der Waals surface area contributed by atoms with E-state index in [1.54, 1.807) is 18.2 Å². The molecule has 0 aliphatic heterocycles. The summed E-state index contributed by atoms with van der Waals surface area (Å²) >= 11 is 3.22. The topological polar surface area (TPSA) is 55.1 Å². The van der Waals surface area contributed by atoms with Gasteiger partial charge in [0.15, 0.2) is 0 Å². The van der Waals surface area contributed by atoms with Crippen molar-refractivity contribution in [3.8, 4) is 5.69 Å². The van der Waals surface area contributed by atoms with Gasteiger partial charge in [-0.15, -0.1) is 0 Å². The molecule has 0 atom stereocenters. The molecule has 1 aromatic heterocycles. The fourth-order valence-corrected chi connectivity index (χ4v) is 2.01. The first kappa shape index (κ1) is 15.3. The lowest BCUT2D eigenvalue weighted by molar-refractivity contribution is -0.137. The van der Waals surface area contributed by atoms with Crippen LogP contribution in [0.5, 0.6) is 0 Å². The molecular weight excluding hydrogens is 353 g/mol. The van der Waals surface area contributed by atoms with Crippen molar-refractivity contribution in [1.82, 2.24) is 9.78 Å². The normalized spacial score (nSPS) is 12.0. The molecule has 0 saturated carbocycles. The number of hydrogen-bond acceptors (Lipinski definition) is 2. The molecule has 8 heteroatoms. The van der Waals surface area contributed by atoms with Gasteiger partial charge in [0.25, 0.3) is 0 Å². The number of nitrogens with zero attached hydrogens (tertiary/aromatic N) is 2. The third-order valence-electron chi connectivity index (χ3n) is 2.55. The Labute approximate surface area is 125 Å². The van der Waals surface area contributed by atoms with E-state index in [0.717, 1.165) is 17.0 Å². The average Bonchev–Trinajstić information content (AvgIpc) is 2.85. The highest BCUT2D eigenvalue weighted by molar-refractivity contribution is 9.10. The molecule has 1 N–H and O–H groups in total. The van der Waals surface area contributed by atoms with Crippen LogP contribution in [0.4, 0.5) is 13.2 Å². The van der Waals surface area contributed by atoms with Gasteiger partial charge in [-0.25, -0.2) is 9.48 Å². The Balaban J connectivity index is 2.48. The molecule has 2 rings (SSSR count). The maximum absolute atomic E-state index is 12.6. The van der Waals surface area contributed by atoms with Gasteiger partial charge in [0, 0.05) is 22.3 Å². The summed E-state index contributed by atoms with van der Waals surface area (Å²) in [5.74, 6) is -1.16. The van der Waals surface area contributed by atoms with Crippen molar-refractivity contribution in [2.45, 2.75) is 6.18 Å². The minimum atomic E-state index is -4.48. The van der Waals surface area contributed by atoms with E-state index >= 15 is 0 Å². The number of alkyl halides is 3. The van der Waals surface area contributed by atoms with Gasteiger partial charge >= 0.3 is 12.1 Å². The third-order valence-corrected chi connectivity index (χ3v) is 3.05. The molecule has 0 saturated heterocycles. The zero-order chi connectivity index (χ0) is 15.6. The highest BCUT2D eigenvalue weighted by Gasteiger charge is 2.32. The number of carboxylic acid groups (broad SMARTS) is 1. The van der Waals surface area contributed by atoms with Crippen molar-refractivity contribution in [2.75, 3.05) is 0 Å². The smallest absolute Gasteiger partial charge is 0.419 e. The van der Waals surface area contributed by atoms with Crippen LogP contribution in [0.1, 0.15) is 11.1 Å². The maximum atomic E-state index is 12.6. The van der Waals surface area contributed by atoms with E-state index in [-0.39, 0.29) is 0 Å². The van der Waals surface area contributed by atoms with E-state index in [2.05, 4.69) is 21.0 Å². The predicted octanol–water partition coefficient (Wildman–Crippen LogP) is 3.75. The fraction of sp³-hybridized carbons (Fsp3) is 0.0769. The average molecular weight is 361 g/mol. The van der Waals surface area contributed by atoms with Crippen LogP contribution >= 0.6 is 15.9 Å². The second kappa shape index (κ2) is 5.72. The Hall–Kier alpha value is -2.09. The fourth-order valence-electron chi connectivity index (χ4n) is 1.63. The minimum Gasteiger partial charge on any atom is -0.478 e. The molecule has 1 aromatic carbocycles. The highest BCUT2D eigenvalue weighted by atomic mass is 79.9. The molecule has 0 spiro atoms. The van der Waals surface area contributed by atoms with E-state index in [1.807, 2.05) is 0 Å². The number of carboxylic acids is 1. The Kier molecular flexibility index (Phi) is 4.17. The summed E-state index contributed by atoms with van der Waals surface area (Å²) in [6.07, 6.45) is -0.727. The predicted molar refractivity (Wildman–Crippen MR) is 72.9 cm³/mol. The highest BCUT2D eigenvalue weighted by Crippen LogP contribution is 2.30. The molecule has 0 aliphatic rings. The quantitative estimate of drug-likeness (QED) is 0.848. The van der Waals surface area contributed by atoms with E-state index in [1.165, 1.54) is 6.08 Å². The van der Waals surface area contributed by atoms with Crippen molar-refractivity contribution < 1.29 is 23.1 Å². The van der Waals surface area contributed by atoms with E-state index in [4.69, 9.17) is 5.11 Å². The monoisotopic (exact) mass is 360 g/mol. The standard InChI is InChI=1S/C13H8BrF3N2O2/c14-10-2-3-11(8(5-10)1-4-12(20)21)19-7-9(6-18-19)13(15,16)17/h1-7H,(H,20,21)/b4-1+. The first-order valence-corrected chi connectivity index (χ1v) is 6.39. The van der Waals surface area contributed by atoms with Crippen LogP contribution < -0.4 is 0 Å². The van der Waals surface area contributed by atoms with Gasteiger partial charge in [-0.05, 0) is 24.3 Å².